The smallest absolute Gasteiger partial charge is 0.0525 e. The van der Waals surface area contributed by atoms with Gasteiger partial charge in [0, 0.05) is 10.8 Å². The number of allylic oxidation sites excluding steroid dienone is 3. The molecule has 1 aromatic rings. The van der Waals surface area contributed by atoms with Gasteiger partial charge in [-0.25, -0.2) is 0 Å². The Bertz CT molecular complexity index is 639. The van der Waals surface area contributed by atoms with Crippen LogP contribution in [0.4, 0.5) is 0 Å². The Morgan fingerprint density at radius 3 is 2.00 bits per heavy atom. The van der Waals surface area contributed by atoms with Crippen LogP contribution >= 0.6 is 11.8 Å². The first kappa shape index (κ1) is 24.2. The Kier molecular flexibility index (Phi) is 10.5. The maximum Gasteiger partial charge on any atom is 0.0525 e. The lowest BCUT2D eigenvalue weighted by molar-refractivity contribution is 0.165. The number of hydrogen-bond donors (Lipinski definition) is 2. The minimum atomic E-state index is -0.122. The molecule has 2 unspecified atom stereocenters. The van der Waals surface area contributed by atoms with Crippen molar-refractivity contribution in [3.8, 4) is 0 Å². The molecule has 1 aliphatic rings. The Morgan fingerprint density at radius 1 is 0.828 bits per heavy atom. The molecule has 2 rings (SSSR count). The van der Waals surface area contributed by atoms with Crippen molar-refractivity contribution in [2.45, 2.75) is 70.6 Å². The molecule has 1 aromatic carbocycles. The largest absolute Gasteiger partial charge is 0.395 e. The summed E-state index contributed by atoms with van der Waals surface area (Å²) >= 11 is 2.05. The SMILES string of the molecule is CC(CO)(CCCCSCCCCC(C)(CO)c1ccccc1)C1=CCCC=C1. The van der Waals surface area contributed by atoms with Crippen LogP contribution in [0.5, 0.6) is 0 Å². The molecule has 0 amide bonds. The molecule has 3 heteroatoms. The Labute approximate surface area is 182 Å². The summed E-state index contributed by atoms with van der Waals surface area (Å²) in [6, 6.07) is 10.4. The molecular weight excluding hydrogens is 376 g/mol. The zero-order chi connectivity index (χ0) is 21.0. The van der Waals surface area contributed by atoms with Gasteiger partial charge in [0.1, 0.15) is 0 Å². The van der Waals surface area contributed by atoms with Crippen molar-refractivity contribution in [3.63, 3.8) is 0 Å². The molecule has 0 spiro atoms. The minimum absolute atomic E-state index is 0.0756. The second-order valence-electron chi connectivity index (χ2n) is 8.97. The second kappa shape index (κ2) is 12.6. The van der Waals surface area contributed by atoms with E-state index in [1.54, 1.807) is 0 Å². The third kappa shape index (κ3) is 7.62. The van der Waals surface area contributed by atoms with Crippen LogP contribution < -0.4 is 0 Å². The van der Waals surface area contributed by atoms with Crippen LogP contribution in [-0.2, 0) is 5.41 Å². The summed E-state index contributed by atoms with van der Waals surface area (Å²) in [5, 5.41) is 19.8. The minimum Gasteiger partial charge on any atom is -0.395 e. The van der Waals surface area contributed by atoms with E-state index in [4.69, 9.17) is 0 Å². The highest BCUT2D eigenvalue weighted by molar-refractivity contribution is 7.99. The molecule has 0 saturated heterocycles. The summed E-state index contributed by atoms with van der Waals surface area (Å²) in [4.78, 5) is 0. The first-order valence-corrected chi connectivity index (χ1v) is 12.4. The van der Waals surface area contributed by atoms with Gasteiger partial charge in [-0.05, 0) is 61.2 Å². The van der Waals surface area contributed by atoms with Crippen LogP contribution in [0.2, 0.25) is 0 Å². The van der Waals surface area contributed by atoms with E-state index in [2.05, 4.69) is 56.3 Å². The Morgan fingerprint density at radius 2 is 1.45 bits per heavy atom. The second-order valence-corrected chi connectivity index (χ2v) is 10.2. The van der Waals surface area contributed by atoms with Gasteiger partial charge in [-0.15, -0.1) is 0 Å². The molecule has 2 nitrogen and oxygen atoms in total. The van der Waals surface area contributed by atoms with Crippen molar-refractivity contribution < 1.29 is 10.2 Å². The average Bonchev–Trinajstić information content (AvgIpc) is 2.78. The maximum atomic E-state index is 9.91. The van der Waals surface area contributed by atoms with Gasteiger partial charge in [0.05, 0.1) is 13.2 Å². The number of thioether (sulfide) groups is 1. The topological polar surface area (TPSA) is 40.5 Å². The fourth-order valence-corrected chi connectivity index (χ4v) is 5.09. The van der Waals surface area contributed by atoms with E-state index in [9.17, 15) is 10.2 Å². The molecule has 2 N–H and O–H groups in total. The van der Waals surface area contributed by atoms with E-state index in [0.29, 0.717) is 0 Å². The lowest BCUT2D eigenvalue weighted by Gasteiger charge is -2.30. The van der Waals surface area contributed by atoms with Crippen LogP contribution in [-0.4, -0.2) is 34.9 Å². The standard InChI is InChI=1S/C26H40O2S/c1-25(21-27,23-13-5-3-6-14-23)17-9-11-19-29-20-12-10-18-26(2,22-28)24-15-7-4-8-16-24/h3,5-7,13-16,27-28H,4,8-12,17-22H2,1-2H3. The van der Waals surface area contributed by atoms with Crippen molar-refractivity contribution in [1.82, 2.24) is 0 Å². The zero-order valence-electron chi connectivity index (χ0n) is 18.4. The molecule has 162 valence electrons. The molecule has 0 aromatic heterocycles. The van der Waals surface area contributed by atoms with Crippen LogP contribution in [0, 0.1) is 5.41 Å². The molecule has 0 fully saturated rings. The normalized spacial score (nSPS) is 18.1. The highest BCUT2D eigenvalue weighted by Gasteiger charge is 2.27. The van der Waals surface area contributed by atoms with Crippen molar-refractivity contribution >= 4 is 11.8 Å². The van der Waals surface area contributed by atoms with Gasteiger partial charge < -0.3 is 10.2 Å². The van der Waals surface area contributed by atoms with E-state index in [1.807, 2.05) is 17.8 Å². The van der Waals surface area contributed by atoms with E-state index in [-0.39, 0.29) is 24.0 Å². The summed E-state index contributed by atoms with van der Waals surface area (Å²) in [7, 11) is 0. The quantitative estimate of drug-likeness (QED) is 0.350. The third-order valence-corrected chi connectivity index (χ3v) is 7.55. The zero-order valence-corrected chi connectivity index (χ0v) is 19.2. The van der Waals surface area contributed by atoms with Gasteiger partial charge in [-0.1, -0.05) is 75.2 Å². The van der Waals surface area contributed by atoms with Crippen LogP contribution in [0.25, 0.3) is 0 Å². The molecule has 2 atom stereocenters. The Balaban J connectivity index is 1.58. The van der Waals surface area contributed by atoms with Crippen LogP contribution in [0.15, 0.2) is 54.1 Å². The van der Waals surface area contributed by atoms with Gasteiger partial charge in [0.2, 0.25) is 0 Å². The summed E-state index contributed by atoms with van der Waals surface area (Å²) in [6.07, 6.45) is 15.8. The number of aliphatic hydroxyl groups excluding tert-OH is 2. The van der Waals surface area contributed by atoms with Crippen LogP contribution in [0.3, 0.4) is 0 Å². The molecule has 0 bridgehead atoms. The number of aliphatic hydroxyl groups is 2. The average molecular weight is 417 g/mol. The first-order chi connectivity index (χ1) is 14.0. The number of hydrogen-bond acceptors (Lipinski definition) is 3. The lowest BCUT2D eigenvalue weighted by Crippen LogP contribution is -2.26. The number of benzene rings is 1. The van der Waals surface area contributed by atoms with Gasteiger partial charge in [-0.3, -0.25) is 0 Å². The predicted molar refractivity (Wildman–Crippen MR) is 128 cm³/mol. The molecule has 0 heterocycles. The van der Waals surface area contributed by atoms with Gasteiger partial charge in [0.25, 0.3) is 0 Å². The summed E-state index contributed by atoms with van der Waals surface area (Å²) in [6.45, 7) is 4.82. The van der Waals surface area contributed by atoms with Crippen molar-refractivity contribution in [1.29, 1.82) is 0 Å². The fourth-order valence-electron chi connectivity index (χ4n) is 4.07. The molecule has 1 aliphatic carbocycles. The van der Waals surface area contributed by atoms with Gasteiger partial charge >= 0.3 is 0 Å². The van der Waals surface area contributed by atoms with Crippen molar-refractivity contribution in [3.05, 3.63) is 59.7 Å². The summed E-state index contributed by atoms with van der Waals surface area (Å²) < 4.78 is 0. The summed E-state index contributed by atoms with van der Waals surface area (Å²) in [5.41, 5.74) is 2.37. The molecule has 0 radical (unpaired) electrons. The number of rotatable bonds is 14. The monoisotopic (exact) mass is 416 g/mol. The molecule has 0 aliphatic heterocycles. The maximum absolute atomic E-state index is 9.91. The predicted octanol–water partition coefficient (Wildman–Crippen LogP) is 6.29. The number of unbranched alkanes of at least 4 members (excludes halogenated alkanes) is 2. The summed E-state index contributed by atoms with van der Waals surface area (Å²) in [5.74, 6) is 2.40. The highest BCUT2D eigenvalue weighted by Crippen LogP contribution is 2.35. The van der Waals surface area contributed by atoms with Crippen molar-refractivity contribution in [2.24, 2.45) is 5.41 Å². The van der Waals surface area contributed by atoms with Crippen LogP contribution in [0.1, 0.15) is 70.8 Å². The fraction of sp³-hybridized carbons (Fsp3) is 0.615. The van der Waals surface area contributed by atoms with E-state index < -0.39 is 0 Å². The van der Waals surface area contributed by atoms with Gasteiger partial charge in [-0.2, -0.15) is 11.8 Å². The van der Waals surface area contributed by atoms with Crippen molar-refractivity contribution in [2.75, 3.05) is 24.7 Å². The highest BCUT2D eigenvalue weighted by atomic mass is 32.2. The van der Waals surface area contributed by atoms with E-state index >= 15 is 0 Å². The first-order valence-electron chi connectivity index (χ1n) is 11.3. The lowest BCUT2D eigenvalue weighted by atomic mass is 9.76. The van der Waals surface area contributed by atoms with E-state index in [0.717, 1.165) is 32.1 Å². The Hall–Kier alpha value is -1.03. The van der Waals surface area contributed by atoms with Gasteiger partial charge in [0.15, 0.2) is 0 Å². The molecular formula is C26H40O2S. The molecule has 0 saturated carbocycles. The van der Waals surface area contributed by atoms with E-state index in [1.165, 1.54) is 41.9 Å². The molecule has 29 heavy (non-hydrogen) atoms. The third-order valence-electron chi connectivity index (χ3n) is 6.40.